The van der Waals surface area contributed by atoms with E-state index in [4.69, 9.17) is 5.73 Å². The Hall–Kier alpha value is -0.0800. The maximum atomic E-state index is 5.67. The van der Waals surface area contributed by atoms with Gasteiger partial charge < -0.3 is 11.1 Å². The van der Waals surface area contributed by atoms with Gasteiger partial charge in [-0.05, 0) is 38.8 Å². The van der Waals surface area contributed by atoms with Gasteiger partial charge >= 0.3 is 0 Å². The maximum absolute atomic E-state index is 5.67. The van der Waals surface area contributed by atoms with Crippen LogP contribution in [0.1, 0.15) is 59.3 Å². The number of rotatable bonds is 10. The third-order valence-corrected chi connectivity index (χ3v) is 3.20. The summed E-state index contributed by atoms with van der Waals surface area (Å²) in [5.74, 6) is 0.709. The standard InChI is InChI=1S/C13H30N2/c1-4-6-7-8-12(3)15-10-9-13(5-2)11-14/h12-13,15H,4-11,14H2,1-3H3. The average molecular weight is 214 g/mol. The summed E-state index contributed by atoms with van der Waals surface area (Å²) in [5.41, 5.74) is 5.67. The van der Waals surface area contributed by atoms with Gasteiger partial charge in [0.1, 0.15) is 0 Å². The summed E-state index contributed by atoms with van der Waals surface area (Å²) in [6.45, 7) is 8.73. The minimum atomic E-state index is 0.673. The molecule has 0 heterocycles. The van der Waals surface area contributed by atoms with Crippen LogP contribution >= 0.6 is 0 Å². The van der Waals surface area contributed by atoms with Gasteiger partial charge in [-0.25, -0.2) is 0 Å². The van der Waals surface area contributed by atoms with Crippen molar-refractivity contribution in [2.24, 2.45) is 11.7 Å². The molecule has 15 heavy (non-hydrogen) atoms. The normalized spacial score (nSPS) is 15.2. The van der Waals surface area contributed by atoms with Gasteiger partial charge in [0, 0.05) is 6.04 Å². The molecule has 0 aromatic rings. The first-order valence-electron chi connectivity index (χ1n) is 6.68. The van der Waals surface area contributed by atoms with Crippen LogP contribution in [0.3, 0.4) is 0 Å². The van der Waals surface area contributed by atoms with Gasteiger partial charge in [0.25, 0.3) is 0 Å². The molecule has 0 amide bonds. The van der Waals surface area contributed by atoms with Crippen molar-refractivity contribution in [3.8, 4) is 0 Å². The molecule has 0 rings (SSSR count). The largest absolute Gasteiger partial charge is 0.330 e. The summed E-state index contributed by atoms with van der Waals surface area (Å²) < 4.78 is 0. The summed E-state index contributed by atoms with van der Waals surface area (Å²) in [7, 11) is 0. The van der Waals surface area contributed by atoms with Crippen LogP contribution < -0.4 is 11.1 Å². The van der Waals surface area contributed by atoms with Gasteiger partial charge in [-0.1, -0.05) is 39.5 Å². The quantitative estimate of drug-likeness (QED) is 0.549. The van der Waals surface area contributed by atoms with E-state index >= 15 is 0 Å². The lowest BCUT2D eigenvalue weighted by Gasteiger charge is -2.16. The smallest absolute Gasteiger partial charge is 0.00387 e. The van der Waals surface area contributed by atoms with Crippen LogP contribution in [0.25, 0.3) is 0 Å². The first-order valence-corrected chi connectivity index (χ1v) is 6.68. The maximum Gasteiger partial charge on any atom is 0.00387 e. The van der Waals surface area contributed by atoms with Crippen LogP contribution in [-0.2, 0) is 0 Å². The highest BCUT2D eigenvalue weighted by Crippen LogP contribution is 2.06. The highest BCUT2D eigenvalue weighted by atomic mass is 14.9. The van der Waals surface area contributed by atoms with Crippen molar-refractivity contribution in [3.63, 3.8) is 0 Å². The van der Waals surface area contributed by atoms with Gasteiger partial charge in [0.05, 0.1) is 0 Å². The number of hydrogen-bond acceptors (Lipinski definition) is 2. The first-order chi connectivity index (χ1) is 7.24. The summed E-state index contributed by atoms with van der Waals surface area (Å²) >= 11 is 0. The Bertz CT molecular complexity index is 122. The Morgan fingerprint density at radius 1 is 1.13 bits per heavy atom. The zero-order valence-corrected chi connectivity index (χ0v) is 10.9. The molecule has 3 N–H and O–H groups in total. The third-order valence-electron chi connectivity index (χ3n) is 3.20. The van der Waals surface area contributed by atoms with E-state index in [0.717, 1.165) is 13.1 Å². The Kier molecular flexibility index (Phi) is 10.4. The lowest BCUT2D eigenvalue weighted by atomic mass is 10.0. The van der Waals surface area contributed by atoms with Crippen molar-refractivity contribution in [3.05, 3.63) is 0 Å². The molecule has 0 aliphatic heterocycles. The van der Waals surface area contributed by atoms with Crippen LogP contribution in [0.4, 0.5) is 0 Å². The molecule has 0 aromatic heterocycles. The zero-order valence-electron chi connectivity index (χ0n) is 10.9. The van der Waals surface area contributed by atoms with Crippen LogP contribution in [0.5, 0.6) is 0 Å². The van der Waals surface area contributed by atoms with Gasteiger partial charge in [0.2, 0.25) is 0 Å². The fourth-order valence-electron chi connectivity index (χ4n) is 1.83. The van der Waals surface area contributed by atoms with Gasteiger partial charge in [-0.2, -0.15) is 0 Å². The first kappa shape index (κ1) is 14.9. The molecule has 0 saturated carbocycles. The average Bonchev–Trinajstić information content (AvgIpc) is 2.25. The highest BCUT2D eigenvalue weighted by molar-refractivity contribution is 4.64. The lowest BCUT2D eigenvalue weighted by Crippen LogP contribution is -2.29. The van der Waals surface area contributed by atoms with E-state index in [1.165, 1.54) is 38.5 Å². The molecule has 2 heteroatoms. The predicted octanol–water partition coefficient (Wildman–Crippen LogP) is 2.92. The molecule has 0 fully saturated rings. The van der Waals surface area contributed by atoms with Gasteiger partial charge in [0.15, 0.2) is 0 Å². The lowest BCUT2D eigenvalue weighted by molar-refractivity contribution is 0.422. The Labute approximate surface area is 96.0 Å². The molecular weight excluding hydrogens is 184 g/mol. The Morgan fingerprint density at radius 2 is 1.87 bits per heavy atom. The van der Waals surface area contributed by atoms with E-state index < -0.39 is 0 Å². The van der Waals surface area contributed by atoms with E-state index in [-0.39, 0.29) is 0 Å². The molecule has 0 spiro atoms. The molecule has 2 atom stereocenters. The summed E-state index contributed by atoms with van der Waals surface area (Å²) in [5, 5.41) is 3.59. The molecule has 0 aromatic carbocycles. The fraction of sp³-hybridized carbons (Fsp3) is 1.00. The van der Waals surface area contributed by atoms with Crippen molar-refractivity contribution in [2.75, 3.05) is 13.1 Å². The number of unbranched alkanes of at least 4 members (excludes halogenated alkanes) is 2. The van der Waals surface area contributed by atoms with Crippen molar-refractivity contribution in [1.29, 1.82) is 0 Å². The van der Waals surface area contributed by atoms with Crippen molar-refractivity contribution in [2.45, 2.75) is 65.3 Å². The van der Waals surface area contributed by atoms with Crippen LogP contribution in [0.15, 0.2) is 0 Å². The minimum Gasteiger partial charge on any atom is -0.330 e. The van der Waals surface area contributed by atoms with E-state index in [1.54, 1.807) is 0 Å². The second-order valence-electron chi connectivity index (χ2n) is 4.65. The van der Waals surface area contributed by atoms with Crippen LogP contribution in [-0.4, -0.2) is 19.1 Å². The molecular formula is C13H30N2. The number of nitrogens with two attached hydrogens (primary N) is 1. The van der Waals surface area contributed by atoms with E-state index in [2.05, 4.69) is 26.1 Å². The number of nitrogens with one attached hydrogen (secondary N) is 1. The molecule has 0 aliphatic carbocycles. The molecule has 2 nitrogen and oxygen atoms in total. The molecule has 0 saturated heterocycles. The molecule has 2 unspecified atom stereocenters. The van der Waals surface area contributed by atoms with Crippen LogP contribution in [0.2, 0.25) is 0 Å². The molecule has 0 bridgehead atoms. The van der Waals surface area contributed by atoms with E-state index in [0.29, 0.717) is 12.0 Å². The summed E-state index contributed by atoms with van der Waals surface area (Å²) in [6.07, 6.45) is 7.80. The topological polar surface area (TPSA) is 38.0 Å². The number of hydrogen-bond donors (Lipinski definition) is 2. The Balaban J connectivity index is 3.33. The second kappa shape index (κ2) is 10.4. The monoisotopic (exact) mass is 214 g/mol. The summed E-state index contributed by atoms with van der Waals surface area (Å²) in [6, 6.07) is 0.673. The van der Waals surface area contributed by atoms with Crippen molar-refractivity contribution >= 4 is 0 Å². The SMILES string of the molecule is CCCCCC(C)NCCC(CC)CN. The molecule has 0 aliphatic rings. The minimum absolute atomic E-state index is 0.673. The van der Waals surface area contributed by atoms with Crippen molar-refractivity contribution in [1.82, 2.24) is 5.32 Å². The van der Waals surface area contributed by atoms with Gasteiger partial charge in [-0.15, -0.1) is 0 Å². The molecule has 0 radical (unpaired) electrons. The van der Waals surface area contributed by atoms with Crippen LogP contribution in [0, 0.1) is 5.92 Å². The zero-order chi connectivity index (χ0) is 11.5. The second-order valence-corrected chi connectivity index (χ2v) is 4.65. The summed E-state index contributed by atoms with van der Waals surface area (Å²) in [4.78, 5) is 0. The highest BCUT2D eigenvalue weighted by Gasteiger charge is 2.05. The molecule has 92 valence electrons. The third kappa shape index (κ3) is 8.88. The fourth-order valence-corrected chi connectivity index (χ4v) is 1.83. The Morgan fingerprint density at radius 3 is 2.40 bits per heavy atom. The van der Waals surface area contributed by atoms with Crippen molar-refractivity contribution < 1.29 is 0 Å². The predicted molar refractivity (Wildman–Crippen MR) is 69.1 cm³/mol. The van der Waals surface area contributed by atoms with E-state index in [1.807, 2.05) is 0 Å². The van der Waals surface area contributed by atoms with E-state index in [9.17, 15) is 0 Å². The van der Waals surface area contributed by atoms with Gasteiger partial charge in [-0.3, -0.25) is 0 Å².